The Morgan fingerprint density at radius 3 is 2.50 bits per heavy atom. The van der Waals surface area contributed by atoms with Crippen LogP contribution < -0.4 is 4.74 Å². The van der Waals surface area contributed by atoms with Crippen molar-refractivity contribution < 1.29 is 18.7 Å². The molecule has 125 valence electrons. The maximum Gasteiger partial charge on any atom is 0.195 e. The molecule has 6 heteroatoms. The average molecular weight is 348 g/mol. The second kappa shape index (κ2) is 7.30. The molecule has 0 spiro atoms. The van der Waals surface area contributed by atoms with E-state index >= 15 is 0 Å². The van der Waals surface area contributed by atoms with E-state index in [4.69, 9.17) is 20.8 Å². The molecule has 0 saturated carbocycles. The monoisotopic (exact) mass is 347 g/mol. The summed E-state index contributed by atoms with van der Waals surface area (Å²) in [5.74, 6) is -0.330. The third-order valence-corrected chi connectivity index (χ3v) is 8.73. The molecule has 0 heterocycles. The van der Waals surface area contributed by atoms with E-state index in [0.717, 1.165) is 0 Å². The molecule has 0 aliphatic heterocycles. The average Bonchev–Trinajstić information content (AvgIpc) is 2.36. The van der Waals surface area contributed by atoms with Gasteiger partial charge < -0.3 is 14.3 Å². The molecular formula is C16H25ClFO3Si. The van der Waals surface area contributed by atoms with Crippen LogP contribution in [-0.4, -0.2) is 26.3 Å². The van der Waals surface area contributed by atoms with Gasteiger partial charge in [0.15, 0.2) is 8.32 Å². The maximum absolute atomic E-state index is 14.2. The molecule has 0 bridgehead atoms. The summed E-state index contributed by atoms with van der Waals surface area (Å²) < 4.78 is 25.4. The van der Waals surface area contributed by atoms with Crippen molar-refractivity contribution in [3.63, 3.8) is 0 Å². The van der Waals surface area contributed by atoms with E-state index in [1.54, 1.807) is 6.92 Å². The van der Waals surface area contributed by atoms with Crippen LogP contribution in [0.3, 0.4) is 0 Å². The molecule has 1 aromatic rings. The lowest BCUT2D eigenvalue weighted by atomic mass is 10.1. The van der Waals surface area contributed by atoms with Crippen molar-refractivity contribution in [1.29, 1.82) is 0 Å². The second-order valence-electron chi connectivity index (χ2n) is 6.73. The number of aliphatic hydroxyl groups excluding tert-OH is 1. The molecule has 0 aliphatic rings. The smallest absolute Gasteiger partial charge is 0.195 e. The number of hydrogen-bond donors (Lipinski definition) is 1. The van der Waals surface area contributed by atoms with E-state index in [2.05, 4.69) is 26.8 Å². The Hall–Kier alpha value is -0.623. The van der Waals surface area contributed by atoms with Gasteiger partial charge in [0.1, 0.15) is 17.9 Å². The summed E-state index contributed by atoms with van der Waals surface area (Å²) >= 11 is 5.80. The first-order chi connectivity index (χ1) is 9.99. The Bertz CT molecular complexity index is 515. The van der Waals surface area contributed by atoms with Crippen LogP contribution in [0.2, 0.25) is 23.2 Å². The quantitative estimate of drug-likeness (QED) is 0.605. The molecule has 1 unspecified atom stereocenters. The Morgan fingerprint density at radius 2 is 2.00 bits per heavy atom. The highest BCUT2D eigenvalue weighted by atomic mass is 35.5. The van der Waals surface area contributed by atoms with Crippen LogP contribution in [-0.2, 0) is 10.8 Å². The van der Waals surface area contributed by atoms with Gasteiger partial charge in [-0.3, -0.25) is 0 Å². The third kappa shape index (κ3) is 4.68. The van der Waals surface area contributed by atoms with Gasteiger partial charge in [-0.25, -0.2) is 4.39 Å². The zero-order valence-electron chi connectivity index (χ0n) is 14.1. The van der Waals surface area contributed by atoms with Crippen LogP contribution in [0, 0.1) is 11.9 Å². The van der Waals surface area contributed by atoms with Gasteiger partial charge in [-0.1, -0.05) is 32.4 Å². The van der Waals surface area contributed by atoms with Crippen molar-refractivity contribution in [1.82, 2.24) is 0 Å². The summed E-state index contributed by atoms with van der Waals surface area (Å²) in [5, 5.41) is 10.2. The predicted octanol–water partition coefficient (Wildman–Crippen LogP) is 4.56. The van der Waals surface area contributed by atoms with E-state index < -0.39 is 20.4 Å². The van der Waals surface area contributed by atoms with E-state index in [1.165, 1.54) is 6.07 Å². The first-order valence-corrected chi connectivity index (χ1v) is 10.7. The minimum absolute atomic E-state index is 0.0231. The summed E-state index contributed by atoms with van der Waals surface area (Å²) in [4.78, 5) is 0. The van der Waals surface area contributed by atoms with E-state index in [0.29, 0.717) is 6.61 Å². The molecule has 22 heavy (non-hydrogen) atoms. The fourth-order valence-electron chi connectivity index (χ4n) is 1.71. The van der Waals surface area contributed by atoms with Gasteiger partial charge in [0, 0.05) is 18.1 Å². The molecule has 0 fully saturated rings. The summed E-state index contributed by atoms with van der Waals surface area (Å²) in [7, 11) is -2.15. The summed E-state index contributed by atoms with van der Waals surface area (Å²) in [6.45, 7) is 12.5. The molecule has 1 radical (unpaired) electrons. The highest BCUT2D eigenvalue weighted by Gasteiger charge is 2.39. The van der Waals surface area contributed by atoms with Crippen molar-refractivity contribution in [2.45, 2.75) is 58.5 Å². The Labute approximate surface area is 138 Å². The fraction of sp³-hybridized carbons (Fsp3) is 0.625. The number of ether oxygens (including phenoxy) is 1. The van der Waals surface area contributed by atoms with Crippen LogP contribution in [0.25, 0.3) is 0 Å². The lowest BCUT2D eigenvalue weighted by Crippen LogP contribution is -2.44. The van der Waals surface area contributed by atoms with E-state index in [1.807, 2.05) is 13.1 Å². The number of rotatable bonds is 6. The van der Waals surface area contributed by atoms with Crippen LogP contribution in [0.1, 0.15) is 33.3 Å². The zero-order chi connectivity index (χ0) is 17.1. The van der Waals surface area contributed by atoms with Gasteiger partial charge in [0.05, 0.1) is 11.6 Å². The normalized spacial score (nSPS) is 14.0. The second-order valence-corrected chi connectivity index (χ2v) is 11.9. The number of halogens is 2. The lowest BCUT2D eigenvalue weighted by molar-refractivity contribution is -0.0277. The first-order valence-electron chi connectivity index (χ1n) is 7.37. The van der Waals surface area contributed by atoms with Crippen LogP contribution in [0.4, 0.5) is 4.39 Å². The Morgan fingerprint density at radius 1 is 1.41 bits per heavy atom. The number of benzene rings is 1. The fourth-order valence-corrected chi connectivity index (χ4v) is 3.00. The highest BCUT2D eigenvalue weighted by molar-refractivity contribution is 6.74. The molecule has 3 nitrogen and oxygen atoms in total. The largest absolute Gasteiger partial charge is 0.493 e. The standard InChI is InChI=1S/C16H25ClFO3Si/c1-7-20-13-9-8-12(17)15(18)11(13)10-14(19)21-22(5,6)16(2,3)4/h8,14,19H,7,10H2,1-6H3. The van der Waals surface area contributed by atoms with Crippen LogP contribution >= 0.6 is 11.6 Å². The molecule has 0 amide bonds. The van der Waals surface area contributed by atoms with Crippen molar-refractivity contribution in [3.05, 3.63) is 28.5 Å². The van der Waals surface area contributed by atoms with Gasteiger partial charge in [0.2, 0.25) is 0 Å². The van der Waals surface area contributed by atoms with Crippen molar-refractivity contribution in [2.24, 2.45) is 0 Å². The third-order valence-electron chi connectivity index (χ3n) is 3.98. The molecule has 0 aromatic heterocycles. The van der Waals surface area contributed by atoms with E-state index in [-0.39, 0.29) is 27.8 Å². The molecule has 1 aromatic carbocycles. The summed E-state index contributed by atoms with van der Waals surface area (Å²) in [6.07, 6.45) is -1.13. The van der Waals surface area contributed by atoms with Gasteiger partial charge in [0.25, 0.3) is 0 Å². The van der Waals surface area contributed by atoms with Crippen molar-refractivity contribution >= 4 is 19.9 Å². The SMILES string of the molecule is CCOc1[c]cc(Cl)c(F)c1CC(O)O[Si](C)(C)C(C)(C)C. The molecule has 1 atom stereocenters. The molecule has 1 N–H and O–H groups in total. The van der Waals surface area contributed by atoms with Gasteiger partial charge in [-0.05, 0) is 31.1 Å². The molecule has 0 saturated heterocycles. The molecule has 0 aliphatic carbocycles. The van der Waals surface area contributed by atoms with E-state index in [9.17, 15) is 9.50 Å². The summed E-state index contributed by atoms with van der Waals surface area (Å²) in [6, 6.07) is 4.12. The van der Waals surface area contributed by atoms with Gasteiger partial charge >= 0.3 is 0 Å². The zero-order valence-corrected chi connectivity index (χ0v) is 15.8. The number of hydrogen-bond acceptors (Lipinski definition) is 3. The topological polar surface area (TPSA) is 38.7 Å². The minimum atomic E-state index is -2.15. The van der Waals surface area contributed by atoms with Crippen molar-refractivity contribution in [2.75, 3.05) is 6.61 Å². The minimum Gasteiger partial charge on any atom is -0.493 e. The van der Waals surface area contributed by atoms with Gasteiger partial charge in [-0.15, -0.1) is 0 Å². The van der Waals surface area contributed by atoms with Crippen LogP contribution in [0.15, 0.2) is 6.07 Å². The van der Waals surface area contributed by atoms with Gasteiger partial charge in [-0.2, -0.15) is 0 Å². The molecule has 1 rings (SSSR count). The first kappa shape index (κ1) is 19.4. The lowest BCUT2D eigenvalue weighted by Gasteiger charge is -2.37. The Balaban J connectivity index is 2.97. The van der Waals surface area contributed by atoms with Crippen LogP contribution in [0.5, 0.6) is 5.75 Å². The predicted molar refractivity (Wildman–Crippen MR) is 89.4 cm³/mol. The number of aliphatic hydroxyl groups is 1. The summed E-state index contributed by atoms with van der Waals surface area (Å²) in [5.41, 5.74) is 0.195. The molecular weight excluding hydrogens is 323 g/mol. The Kier molecular flexibility index (Phi) is 6.44. The van der Waals surface area contributed by atoms with Crippen molar-refractivity contribution in [3.8, 4) is 5.75 Å². The maximum atomic E-state index is 14.2. The highest BCUT2D eigenvalue weighted by Crippen LogP contribution is 2.38.